The van der Waals surface area contributed by atoms with Gasteiger partial charge < -0.3 is 9.47 Å². The van der Waals surface area contributed by atoms with E-state index in [1.54, 1.807) is 6.07 Å². The van der Waals surface area contributed by atoms with Crippen LogP contribution in [0.4, 0.5) is 13.2 Å². The Hall–Kier alpha value is -1.43. The van der Waals surface area contributed by atoms with Crippen molar-refractivity contribution >= 4 is 0 Å². The van der Waals surface area contributed by atoms with E-state index in [2.05, 4.69) is 10.1 Å². The van der Waals surface area contributed by atoms with E-state index in [9.17, 15) is 13.2 Å². The van der Waals surface area contributed by atoms with Gasteiger partial charge >= 0.3 is 6.36 Å². The molecule has 0 aliphatic carbocycles. The van der Waals surface area contributed by atoms with Crippen molar-refractivity contribution in [2.45, 2.75) is 25.3 Å². The predicted octanol–water partition coefficient (Wildman–Crippen LogP) is 2.73. The lowest BCUT2D eigenvalue weighted by molar-refractivity contribution is -0.274. The predicted molar refractivity (Wildman–Crippen MR) is 58.6 cm³/mol. The molecule has 3 nitrogen and oxygen atoms in total. The lowest BCUT2D eigenvalue weighted by atomic mass is 10.1. The van der Waals surface area contributed by atoms with Crippen LogP contribution in [0, 0.1) is 0 Å². The monoisotopic (exact) mass is 260 g/mol. The highest BCUT2D eigenvalue weighted by Crippen LogP contribution is 2.27. The largest absolute Gasteiger partial charge is 0.573 e. The Morgan fingerprint density at radius 2 is 1.78 bits per heavy atom. The molecular formula is C12H13F3NO2. The minimum Gasteiger partial charge on any atom is -0.490 e. The average Bonchev–Trinajstić information content (AvgIpc) is 2.28. The van der Waals surface area contributed by atoms with Gasteiger partial charge in [0.15, 0.2) is 0 Å². The Bertz CT molecular complexity index is 389. The molecule has 99 valence electrons. The Kier molecular flexibility index (Phi) is 3.96. The maximum Gasteiger partial charge on any atom is 0.573 e. The Morgan fingerprint density at radius 1 is 1.11 bits per heavy atom. The minimum atomic E-state index is -4.68. The molecular weight excluding hydrogens is 247 g/mol. The highest BCUT2D eigenvalue weighted by atomic mass is 19.4. The number of nitrogens with zero attached hydrogens (tertiary/aromatic N) is 1. The average molecular weight is 260 g/mol. The van der Waals surface area contributed by atoms with E-state index >= 15 is 0 Å². The van der Waals surface area contributed by atoms with Gasteiger partial charge in [-0.25, -0.2) is 5.32 Å². The van der Waals surface area contributed by atoms with Gasteiger partial charge in [0.1, 0.15) is 17.6 Å². The van der Waals surface area contributed by atoms with Crippen molar-refractivity contribution in [3.05, 3.63) is 24.3 Å². The second-order valence-electron chi connectivity index (χ2n) is 4.01. The van der Waals surface area contributed by atoms with Gasteiger partial charge in [-0.05, 0) is 25.0 Å². The topological polar surface area (TPSA) is 32.6 Å². The third-order valence-electron chi connectivity index (χ3n) is 2.56. The quantitative estimate of drug-likeness (QED) is 0.837. The van der Waals surface area contributed by atoms with E-state index < -0.39 is 6.36 Å². The van der Waals surface area contributed by atoms with Gasteiger partial charge in [0.05, 0.1) is 0 Å². The molecule has 1 aliphatic rings. The van der Waals surface area contributed by atoms with Gasteiger partial charge in [-0.15, -0.1) is 13.2 Å². The number of hydrogen-bond acceptors (Lipinski definition) is 2. The molecule has 0 N–H and O–H groups in total. The zero-order valence-electron chi connectivity index (χ0n) is 9.61. The summed E-state index contributed by atoms with van der Waals surface area (Å²) in [5, 5.41) is 4.18. The Labute approximate surface area is 103 Å². The van der Waals surface area contributed by atoms with E-state index in [-0.39, 0.29) is 11.9 Å². The first kappa shape index (κ1) is 13.0. The smallest absolute Gasteiger partial charge is 0.490 e. The summed E-state index contributed by atoms with van der Waals surface area (Å²) >= 11 is 0. The number of benzene rings is 1. The van der Waals surface area contributed by atoms with Crippen LogP contribution in [0.3, 0.4) is 0 Å². The standard InChI is InChI=1S/C12H13F3NO2/c13-12(14,15)18-11-3-1-2-10(8-11)17-9-4-6-16-7-5-9/h1-3,8-9H,4-7H2. The zero-order valence-corrected chi connectivity index (χ0v) is 9.61. The van der Waals surface area contributed by atoms with Crippen LogP contribution in [0.5, 0.6) is 11.5 Å². The lowest BCUT2D eigenvalue weighted by Gasteiger charge is -2.23. The first-order valence-electron chi connectivity index (χ1n) is 5.69. The van der Waals surface area contributed by atoms with E-state index in [1.165, 1.54) is 18.2 Å². The van der Waals surface area contributed by atoms with Crippen LogP contribution in [-0.2, 0) is 0 Å². The van der Waals surface area contributed by atoms with Crippen LogP contribution in [0.15, 0.2) is 24.3 Å². The van der Waals surface area contributed by atoms with Crippen molar-refractivity contribution in [3.8, 4) is 11.5 Å². The Morgan fingerprint density at radius 3 is 2.44 bits per heavy atom. The summed E-state index contributed by atoms with van der Waals surface area (Å²) in [7, 11) is 0. The number of ether oxygens (including phenoxy) is 2. The van der Waals surface area contributed by atoms with Crippen LogP contribution >= 0.6 is 0 Å². The summed E-state index contributed by atoms with van der Waals surface area (Å²) in [4.78, 5) is 0. The van der Waals surface area contributed by atoms with Crippen molar-refractivity contribution in [1.82, 2.24) is 5.32 Å². The molecule has 1 saturated heterocycles. The summed E-state index contributed by atoms with van der Waals surface area (Å²) in [6.07, 6.45) is -3.07. The minimum absolute atomic E-state index is 0.0173. The molecule has 0 bridgehead atoms. The molecule has 1 radical (unpaired) electrons. The molecule has 0 atom stereocenters. The highest BCUT2D eigenvalue weighted by molar-refractivity contribution is 5.33. The van der Waals surface area contributed by atoms with Gasteiger partial charge in [0.2, 0.25) is 0 Å². The number of hydrogen-bond donors (Lipinski definition) is 0. The summed E-state index contributed by atoms with van der Waals surface area (Å²) in [5.41, 5.74) is 0. The van der Waals surface area contributed by atoms with Crippen molar-refractivity contribution < 1.29 is 22.6 Å². The van der Waals surface area contributed by atoms with Crippen LogP contribution in [0.25, 0.3) is 0 Å². The molecule has 2 rings (SSSR count). The van der Waals surface area contributed by atoms with E-state index in [0.29, 0.717) is 5.75 Å². The number of rotatable bonds is 3. The number of halogens is 3. The van der Waals surface area contributed by atoms with Gasteiger partial charge in [-0.2, -0.15) is 0 Å². The van der Waals surface area contributed by atoms with Crippen LogP contribution in [-0.4, -0.2) is 25.6 Å². The molecule has 1 aromatic rings. The second-order valence-corrected chi connectivity index (χ2v) is 4.01. The number of piperidine rings is 1. The van der Waals surface area contributed by atoms with Gasteiger partial charge in [-0.1, -0.05) is 6.07 Å². The fourth-order valence-corrected chi connectivity index (χ4v) is 1.78. The molecule has 0 unspecified atom stereocenters. The van der Waals surface area contributed by atoms with Gasteiger partial charge in [0, 0.05) is 19.2 Å². The SMILES string of the molecule is FC(F)(F)Oc1cccc(OC2CC[N]CC2)c1. The summed E-state index contributed by atoms with van der Waals surface area (Å²) < 4.78 is 45.6. The molecule has 0 aromatic heterocycles. The summed E-state index contributed by atoms with van der Waals surface area (Å²) in [6, 6.07) is 5.59. The zero-order chi connectivity index (χ0) is 13.0. The lowest BCUT2D eigenvalue weighted by Crippen LogP contribution is -2.30. The molecule has 18 heavy (non-hydrogen) atoms. The second kappa shape index (κ2) is 5.48. The first-order valence-corrected chi connectivity index (χ1v) is 5.69. The third-order valence-corrected chi connectivity index (χ3v) is 2.56. The van der Waals surface area contributed by atoms with Gasteiger partial charge in [0.25, 0.3) is 0 Å². The fraction of sp³-hybridized carbons (Fsp3) is 0.500. The molecule has 1 aromatic carbocycles. The van der Waals surface area contributed by atoms with E-state index in [4.69, 9.17) is 4.74 Å². The molecule has 0 saturated carbocycles. The number of alkyl halides is 3. The van der Waals surface area contributed by atoms with E-state index in [0.717, 1.165) is 25.9 Å². The summed E-state index contributed by atoms with van der Waals surface area (Å²) in [6.45, 7) is 1.48. The molecule has 1 heterocycles. The third kappa shape index (κ3) is 4.10. The first-order chi connectivity index (χ1) is 8.53. The van der Waals surface area contributed by atoms with Crippen molar-refractivity contribution in [1.29, 1.82) is 0 Å². The van der Waals surface area contributed by atoms with Crippen molar-refractivity contribution in [3.63, 3.8) is 0 Å². The molecule has 1 aliphatic heterocycles. The molecule has 6 heteroatoms. The normalized spacial score (nSPS) is 17.5. The van der Waals surface area contributed by atoms with Gasteiger partial charge in [-0.3, -0.25) is 0 Å². The Balaban J connectivity index is 1.98. The molecule has 1 fully saturated rings. The van der Waals surface area contributed by atoms with Crippen molar-refractivity contribution in [2.75, 3.05) is 13.1 Å². The van der Waals surface area contributed by atoms with Crippen molar-refractivity contribution in [2.24, 2.45) is 0 Å². The summed E-state index contributed by atoms with van der Waals surface area (Å²) in [5.74, 6) is 0.129. The van der Waals surface area contributed by atoms with Crippen LogP contribution in [0.2, 0.25) is 0 Å². The highest BCUT2D eigenvalue weighted by Gasteiger charge is 2.31. The van der Waals surface area contributed by atoms with Crippen LogP contribution in [0.1, 0.15) is 12.8 Å². The van der Waals surface area contributed by atoms with Crippen LogP contribution < -0.4 is 14.8 Å². The molecule has 0 amide bonds. The molecule has 0 spiro atoms. The maximum atomic E-state index is 12.1. The maximum absolute atomic E-state index is 12.1. The van der Waals surface area contributed by atoms with E-state index in [1.807, 2.05) is 0 Å². The fourth-order valence-electron chi connectivity index (χ4n) is 1.78.